The average molecular weight is 239 g/mol. The molecule has 0 aromatic carbocycles. The first-order valence-corrected chi connectivity index (χ1v) is 6.49. The molecule has 0 saturated carbocycles. The number of nitrogens with two attached hydrogens (primary N) is 1. The van der Waals surface area contributed by atoms with Crippen LogP contribution in [0.2, 0.25) is 0 Å². The first-order chi connectivity index (χ1) is 7.91. The van der Waals surface area contributed by atoms with Gasteiger partial charge in [-0.05, 0) is 46.0 Å². The van der Waals surface area contributed by atoms with Gasteiger partial charge in [-0.25, -0.2) is 0 Å². The van der Waals surface area contributed by atoms with Crippen LogP contribution in [0.1, 0.15) is 47.0 Å². The van der Waals surface area contributed by atoms with Crippen molar-refractivity contribution in [3.05, 3.63) is 23.8 Å². The fourth-order valence-corrected chi connectivity index (χ4v) is 1.43. The molecule has 0 amide bonds. The monoisotopic (exact) mass is 239 g/mol. The second-order valence-electron chi connectivity index (χ2n) is 5.49. The Kier molecular flexibility index (Phi) is 8.19. The molecule has 0 fully saturated rings. The molecule has 0 aromatic rings. The molecule has 0 rings (SSSR count). The van der Waals surface area contributed by atoms with Gasteiger partial charge >= 0.3 is 0 Å². The number of hydrogen-bond acceptors (Lipinski definition) is 2. The largest absolute Gasteiger partial charge is 0.379 e. The molecule has 0 aliphatic heterocycles. The second kappa shape index (κ2) is 8.48. The maximum Gasteiger partial charge on any atom is 0.0622 e. The zero-order chi connectivity index (χ0) is 13.3. The summed E-state index contributed by atoms with van der Waals surface area (Å²) in [4.78, 5) is 0. The van der Waals surface area contributed by atoms with Crippen molar-refractivity contribution in [2.24, 2.45) is 11.7 Å². The number of allylic oxidation sites excluding steroid dienone is 3. The van der Waals surface area contributed by atoms with Gasteiger partial charge in [-0.2, -0.15) is 0 Å². The minimum atomic E-state index is 0.00795. The third kappa shape index (κ3) is 9.13. The molecule has 0 spiro atoms. The Morgan fingerprint density at radius 1 is 1.41 bits per heavy atom. The standard InChI is InChI=1S/C15H29NO/c1-13(10-11-15(3,4)17-5)8-6-7-9-14(2)12-16/h6-7,9,13H,8,10-12,16H2,1-5H3. The number of hydrogen-bond donors (Lipinski definition) is 1. The molecule has 2 heteroatoms. The zero-order valence-electron chi connectivity index (χ0n) is 12.1. The Balaban J connectivity index is 3.84. The molecular weight excluding hydrogens is 210 g/mol. The predicted molar refractivity (Wildman–Crippen MR) is 76.1 cm³/mol. The zero-order valence-corrected chi connectivity index (χ0v) is 12.1. The SMILES string of the molecule is COC(C)(C)CCC(C)CC=CC=C(C)CN. The summed E-state index contributed by atoms with van der Waals surface area (Å²) in [6, 6.07) is 0. The molecule has 0 radical (unpaired) electrons. The van der Waals surface area contributed by atoms with Gasteiger partial charge in [0.1, 0.15) is 0 Å². The molecule has 0 aliphatic rings. The lowest BCUT2D eigenvalue weighted by molar-refractivity contribution is 0.0109. The third-order valence-electron chi connectivity index (χ3n) is 3.17. The quantitative estimate of drug-likeness (QED) is 0.656. The summed E-state index contributed by atoms with van der Waals surface area (Å²) < 4.78 is 5.42. The molecule has 17 heavy (non-hydrogen) atoms. The van der Waals surface area contributed by atoms with Crippen molar-refractivity contribution in [3.8, 4) is 0 Å². The van der Waals surface area contributed by atoms with Gasteiger partial charge in [0.05, 0.1) is 5.60 Å². The van der Waals surface area contributed by atoms with Crippen molar-refractivity contribution in [2.75, 3.05) is 13.7 Å². The van der Waals surface area contributed by atoms with Crippen LogP contribution in [0, 0.1) is 5.92 Å². The van der Waals surface area contributed by atoms with Crippen molar-refractivity contribution < 1.29 is 4.74 Å². The van der Waals surface area contributed by atoms with Crippen molar-refractivity contribution in [3.63, 3.8) is 0 Å². The highest BCUT2D eigenvalue weighted by atomic mass is 16.5. The van der Waals surface area contributed by atoms with E-state index in [1.54, 1.807) is 7.11 Å². The van der Waals surface area contributed by atoms with Gasteiger partial charge < -0.3 is 10.5 Å². The van der Waals surface area contributed by atoms with E-state index in [0.29, 0.717) is 12.5 Å². The van der Waals surface area contributed by atoms with Crippen LogP contribution in [0.15, 0.2) is 23.8 Å². The summed E-state index contributed by atoms with van der Waals surface area (Å²) in [5.41, 5.74) is 6.73. The molecule has 0 bridgehead atoms. The van der Waals surface area contributed by atoms with E-state index in [9.17, 15) is 0 Å². The molecule has 0 heterocycles. The van der Waals surface area contributed by atoms with Crippen LogP contribution in [0.3, 0.4) is 0 Å². The van der Waals surface area contributed by atoms with Gasteiger partial charge in [0.25, 0.3) is 0 Å². The van der Waals surface area contributed by atoms with Crippen LogP contribution in [-0.4, -0.2) is 19.3 Å². The molecule has 1 unspecified atom stereocenters. The van der Waals surface area contributed by atoms with Gasteiger partial charge in [0.15, 0.2) is 0 Å². The molecule has 0 saturated heterocycles. The molecule has 0 aromatic heterocycles. The molecule has 100 valence electrons. The number of ether oxygens (including phenoxy) is 1. The molecule has 1 atom stereocenters. The van der Waals surface area contributed by atoms with Crippen LogP contribution in [0.25, 0.3) is 0 Å². The smallest absolute Gasteiger partial charge is 0.0622 e. The second-order valence-corrected chi connectivity index (χ2v) is 5.49. The van der Waals surface area contributed by atoms with Crippen LogP contribution in [-0.2, 0) is 4.74 Å². The van der Waals surface area contributed by atoms with Crippen molar-refractivity contribution in [1.29, 1.82) is 0 Å². The fraction of sp³-hybridized carbons (Fsp3) is 0.733. The number of methoxy groups -OCH3 is 1. The lowest BCUT2D eigenvalue weighted by Gasteiger charge is -2.24. The highest BCUT2D eigenvalue weighted by molar-refractivity contribution is 5.11. The molecule has 2 nitrogen and oxygen atoms in total. The van der Waals surface area contributed by atoms with E-state index in [1.807, 2.05) is 0 Å². The summed E-state index contributed by atoms with van der Waals surface area (Å²) in [5, 5.41) is 0. The van der Waals surface area contributed by atoms with E-state index < -0.39 is 0 Å². The summed E-state index contributed by atoms with van der Waals surface area (Å²) in [6.07, 6.45) is 9.85. The maximum atomic E-state index is 5.51. The minimum absolute atomic E-state index is 0.00795. The normalized spacial score (nSPS) is 15.5. The van der Waals surface area contributed by atoms with Gasteiger partial charge in [0, 0.05) is 13.7 Å². The Hall–Kier alpha value is -0.600. The lowest BCUT2D eigenvalue weighted by Crippen LogP contribution is -2.22. The van der Waals surface area contributed by atoms with Crippen LogP contribution in [0.4, 0.5) is 0 Å². The summed E-state index contributed by atoms with van der Waals surface area (Å²) in [5.74, 6) is 0.701. The number of rotatable bonds is 8. The predicted octanol–water partition coefficient (Wildman–Crippen LogP) is 3.68. The first kappa shape index (κ1) is 16.4. The van der Waals surface area contributed by atoms with Crippen LogP contribution >= 0.6 is 0 Å². The highest BCUT2D eigenvalue weighted by Gasteiger charge is 2.16. The van der Waals surface area contributed by atoms with Crippen molar-refractivity contribution in [1.82, 2.24) is 0 Å². The Labute approximate surface area is 107 Å². The third-order valence-corrected chi connectivity index (χ3v) is 3.17. The summed E-state index contributed by atoms with van der Waals surface area (Å²) in [7, 11) is 1.78. The maximum absolute atomic E-state index is 5.51. The highest BCUT2D eigenvalue weighted by Crippen LogP contribution is 2.21. The van der Waals surface area contributed by atoms with E-state index in [4.69, 9.17) is 10.5 Å². The van der Waals surface area contributed by atoms with Crippen LogP contribution in [0.5, 0.6) is 0 Å². The van der Waals surface area contributed by atoms with Crippen molar-refractivity contribution >= 4 is 0 Å². The lowest BCUT2D eigenvalue weighted by atomic mass is 9.94. The first-order valence-electron chi connectivity index (χ1n) is 6.49. The Morgan fingerprint density at radius 2 is 2.06 bits per heavy atom. The van der Waals surface area contributed by atoms with Crippen molar-refractivity contribution in [2.45, 2.75) is 52.6 Å². The van der Waals surface area contributed by atoms with E-state index in [2.05, 4.69) is 45.9 Å². The minimum Gasteiger partial charge on any atom is -0.379 e. The van der Waals surface area contributed by atoms with Gasteiger partial charge in [-0.3, -0.25) is 0 Å². The van der Waals surface area contributed by atoms with E-state index in [-0.39, 0.29) is 5.60 Å². The van der Waals surface area contributed by atoms with Crippen LogP contribution < -0.4 is 5.73 Å². The molecule has 2 N–H and O–H groups in total. The molecular formula is C15H29NO. The van der Waals surface area contributed by atoms with Gasteiger partial charge in [-0.1, -0.05) is 30.7 Å². The Morgan fingerprint density at radius 3 is 2.59 bits per heavy atom. The average Bonchev–Trinajstić information content (AvgIpc) is 2.32. The Bertz CT molecular complexity index is 254. The summed E-state index contributed by atoms with van der Waals surface area (Å²) >= 11 is 0. The van der Waals surface area contributed by atoms with Gasteiger partial charge in [-0.15, -0.1) is 0 Å². The van der Waals surface area contributed by atoms with E-state index in [1.165, 1.54) is 12.0 Å². The topological polar surface area (TPSA) is 35.2 Å². The van der Waals surface area contributed by atoms with E-state index >= 15 is 0 Å². The van der Waals surface area contributed by atoms with Gasteiger partial charge in [0.2, 0.25) is 0 Å². The molecule has 0 aliphatic carbocycles. The van der Waals surface area contributed by atoms with E-state index in [0.717, 1.165) is 12.8 Å². The summed E-state index contributed by atoms with van der Waals surface area (Å²) in [6.45, 7) is 9.26. The fourth-order valence-electron chi connectivity index (χ4n) is 1.43.